The predicted molar refractivity (Wildman–Crippen MR) is 96.9 cm³/mol. The molecular formula is C16H18BN3O4S. The van der Waals surface area contributed by atoms with Crippen molar-refractivity contribution in [3.05, 3.63) is 46.3 Å². The number of amides is 2. The van der Waals surface area contributed by atoms with Crippen LogP contribution in [0.4, 0.5) is 5.69 Å². The van der Waals surface area contributed by atoms with E-state index in [9.17, 15) is 9.59 Å². The smallest absolute Gasteiger partial charge is 0.423 e. The van der Waals surface area contributed by atoms with E-state index < -0.39 is 13.0 Å². The van der Waals surface area contributed by atoms with E-state index in [1.807, 2.05) is 0 Å². The highest BCUT2D eigenvalue weighted by Crippen LogP contribution is 2.22. The van der Waals surface area contributed by atoms with Crippen molar-refractivity contribution in [3.63, 3.8) is 0 Å². The van der Waals surface area contributed by atoms with Gasteiger partial charge in [-0.15, -0.1) is 11.3 Å². The maximum atomic E-state index is 12.4. The van der Waals surface area contributed by atoms with E-state index in [1.165, 1.54) is 12.1 Å². The molecule has 130 valence electrons. The van der Waals surface area contributed by atoms with Gasteiger partial charge in [0.25, 0.3) is 11.8 Å². The maximum Gasteiger partial charge on any atom is 0.499 e. The van der Waals surface area contributed by atoms with Crippen LogP contribution in [0.25, 0.3) is 0 Å². The normalized spacial score (nSPS) is 13.4. The first-order chi connectivity index (χ1) is 12.0. The molecule has 0 atom stereocenters. The quantitative estimate of drug-likeness (QED) is 0.466. The average Bonchev–Trinajstić information content (AvgIpc) is 3.25. The molecule has 9 heteroatoms. The molecule has 25 heavy (non-hydrogen) atoms. The Kier molecular flexibility index (Phi) is 5.19. The Morgan fingerprint density at radius 2 is 1.96 bits per heavy atom. The summed E-state index contributed by atoms with van der Waals surface area (Å²) in [5.41, 5.74) is 7.34. The number of thiophene rings is 1. The van der Waals surface area contributed by atoms with Crippen LogP contribution < -0.4 is 21.1 Å². The molecular weight excluding hydrogens is 341 g/mol. The Labute approximate surface area is 149 Å². The van der Waals surface area contributed by atoms with Crippen LogP contribution in [0.1, 0.15) is 38.4 Å². The Hall–Kier alpha value is -2.20. The molecule has 1 aromatic carbocycles. The lowest BCUT2D eigenvalue weighted by atomic mass is 9.90. The van der Waals surface area contributed by atoms with Crippen LogP contribution in [0.3, 0.4) is 0 Å². The Morgan fingerprint density at radius 3 is 2.56 bits per heavy atom. The van der Waals surface area contributed by atoms with Gasteiger partial charge in [0, 0.05) is 28.6 Å². The average molecular weight is 359 g/mol. The minimum absolute atomic E-state index is 0.177. The minimum atomic E-state index is -1.61. The van der Waals surface area contributed by atoms with E-state index in [1.54, 1.807) is 18.2 Å². The van der Waals surface area contributed by atoms with Gasteiger partial charge in [0.1, 0.15) is 0 Å². The first-order valence-corrected chi connectivity index (χ1v) is 8.70. The van der Waals surface area contributed by atoms with Crippen molar-refractivity contribution >= 4 is 40.7 Å². The number of nitrogens with two attached hydrogens (primary N) is 1. The SMILES string of the molecule is NCc1ccc(C(=O)NC2CC2)cc1NC(=O)c1ccc(B(O)O)s1. The molecule has 0 aliphatic heterocycles. The zero-order valence-corrected chi connectivity index (χ0v) is 14.2. The van der Waals surface area contributed by atoms with Crippen LogP contribution >= 0.6 is 11.3 Å². The summed E-state index contributed by atoms with van der Waals surface area (Å²) in [5, 5.41) is 23.9. The van der Waals surface area contributed by atoms with Gasteiger partial charge in [0.15, 0.2) is 0 Å². The zero-order valence-electron chi connectivity index (χ0n) is 13.4. The number of rotatable bonds is 6. The van der Waals surface area contributed by atoms with Crippen molar-refractivity contribution in [2.75, 3.05) is 5.32 Å². The summed E-state index contributed by atoms with van der Waals surface area (Å²) < 4.78 is 0.279. The molecule has 2 aromatic rings. The summed E-state index contributed by atoms with van der Waals surface area (Å²) in [6, 6.07) is 8.24. The van der Waals surface area contributed by atoms with Gasteiger partial charge in [0.05, 0.1) is 4.88 Å². The van der Waals surface area contributed by atoms with Crippen molar-refractivity contribution in [1.29, 1.82) is 0 Å². The van der Waals surface area contributed by atoms with Crippen molar-refractivity contribution in [2.24, 2.45) is 5.73 Å². The molecule has 1 aliphatic rings. The first kappa shape index (κ1) is 17.6. The van der Waals surface area contributed by atoms with Gasteiger partial charge in [-0.1, -0.05) is 12.1 Å². The fourth-order valence-electron chi connectivity index (χ4n) is 2.31. The molecule has 0 saturated heterocycles. The molecule has 6 N–H and O–H groups in total. The van der Waals surface area contributed by atoms with Gasteiger partial charge in [0.2, 0.25) is 0 Å². The van der Waals surface area contributed by atoms with Gasteiger partial charge in [-0.2, -0.15) is 0 Å². The second-order valence-corrected chi connectivity index (χ2v) is 6.97. The highest BCUT2D eigenvalue weighted by Gasteiger charge is 2.24. The minimum Gasteiger partial charge on any atom is -0.423 e. The number of nitrogens with one attached hydrogen (secondary N) is 2. The summed E-state index contributed by atoms with van der Waals surface area (Å²) in [6.07, 6.45) is 1.99. The van der Waals surface area contributed by atoms with E-state index in [0.29, 0.717) is 21.7 Å². The van der Waals surface area contributed by atoms with Gasteiger partial charge in [-0.25, -0.2) is 0 Å². The topological polar surface area (TPSA) is 125 Å². The van der Waals surface area contributed by atoms with Crippen LogP contribution in [0.2, 0.25) is 0 Å². The molecule has 2 amide bonds. The lowest BCUT2D eigenvalue weighted by Gasteiger charge is -2.12. The molecule has 0 spiro atoms. The van der Waals surface area contributed by atoms with E-state index in [4.69, 9.17) is 15.8 Å². The van der Waals surface area contributed by atoms with Gasteiger partial charge in [-0.3, -0.25) is 9.59 Å². The van der Waals surface area contributed by atoms with E-state index in [0.717, 1.165) is 24.2 Å². The summed E-state index contributed by atoms with van der Waals surface area (Å²) in [4.78, 5) is 24.9. The molecule has 0 bridgehead atoms. The standard InChI is InChI=1S/C16H18BN3O4S/c18-8-10-2-1-9(15(21)19-11-3-4-11)7-12(10)20-16(22)13-5-6-14(25-13)17(23)24/h1-2,5-7,11,23-24H,3-4,8,18H2,(H,19,21)(H,20,22). The monoisotopic (exact) mass is 359 g/mol. The van der Waals surface area contributed by atoms with Crippen molar-refractivity contribution < 1.29 is 19.6 Å². The number of carbonyl (C=O) groups is 2. The molecule has 1 saturated carbocycles. The summed E-state index contributed by atoms with van der Waals surface area (Å²) in [7, 11) is -1.61. The molecule has 0 radical (unpaired) electrons. The molecule has 1 aromatic heterocycles. The summed E-state index contributed by atoms with van der Waals surface area (Å²) >= 11 is 0.986. The lowest BCUT2D eigenvalue weighted by Crippen LogP contribution is -2.26. The Bertz CT molecular complexity index is 804. The molecule has 1 aliphatic carbocycles. The fourth-order valence-corrected chi connectivity index (χ4v) is 3.08. The third-order valence-electron chi connectivity index (χ3n) is 3.86. The van der Waals surface area contributed by atoms with Crippen molar-refractivity contribution in [1.82, 2.24) is 5.32 Å². The largest absolute Gasteiger partial charge is 0.499 e. The third kappa shape index (κ3) is 4.26. The van der Waals surface area contributed by atoms with Crippen LogP contribution in [0, 0.1) is 0 Å². The Balaban J connectivity index is 1.78. The van der Waals surface area contributed by atoms with Crippen molar-refractivity contribution in [2.45, 2.75) is 25.4 Å². The number of hydrogen-bond donors (Lipinski definition) is 5. The third-order valence-corrected chi connectivity index (χ3v) is 4.98. The fraction of sp³-hybridized carbons (Fsp3) is 0.250. The number of anilines is 1. The number of benzene rings is 1. The maximum absolute atomic E-state index is 12.4. The molecule has 1 fully saturated rings. The molecule has 3 rings (SSSR count). The number of carbonyl (C=O) groups excluding carboxylic acids is 2. The summed E-state index contributed by atoms with van der Waals surface area (Å²) in [6.45, 7) is 0.213. The van der Waals surface area contributed by atoms with Crippen LogP contribution in [0.5, 0.6) is 0 Å². The second-order valence-electron chi connectivity index (χ2n) is 5.85. The van der Waals surface area contributed by atoms with Crippen LogP contribution in [-0.4, -0.2) is 35.0 Å². The van der Waals surface area contributed by atoms with Crippen LogP contribution in [0.15, 0.2) is 30.3 Å². The molecule has 0 unspecified atom stereocenters. The second kappa shape index (κ2) is 7.36. The van der Waals surface area contributed by atoms with Crippen LogP contribution in [-0.2, 0) is 6.54 Å². The first-order valence-electron chi connectivity index (χ1n) is 7.89. The zero-order chi connectivity index (χ0) is 18.0. The van der Waals surface area contributed by atoms with Crippen molar-refractivity contribution in [3.8, 4) is 0 Å². The van der Waals surface area contributed by atoms with E-state index >= 15 is 0 Å². The lowest BCUT2D eigenvalue weighted by molar-refractivity contribution is 0.0949. The molecule has 7 nitrogen and oxygen atoms in total. The van der Waals surface area contributed by atoms with Gasteiger partial charge >= 0.3 is 7.12 Å². The van der Waals surface area contributed by atoms with Gasteiger partial charge < -0.3 is 26.4 Å². The molecule has 1 heterocycles. The number of hydrogen-bond acceptors (Lipinski definition) is 6. The predicted octanol–water partition coefficient (Wildman–Crippen LogP) is 0.0311. The highest BCUT2D eigenvalue weighted by molar-refractivity contribution is 7.23. The van der Waals surface area contributed by atoms with E-state index in [2.05, 4.69) is 10.6 Å². The van der Waals surface area contributed by atoms with E-state index in [-0.39, 0.29) is 23.3 Å². The Morgan fingerprint density at radius 1 is 1.20 bits per heavy atom. The van der Waals surface area contributed by atoms with Gasteiger partial charge in [-0.05, 0) is 36.6 Å². The highest BCUT2D eigenvalue weighted by atomic mass is 32.1. The summed E-state index contributed by atoms with van der Waals surface area (Å²) in [5.74, 6) is -0.574.